The summed E-state index contributed by atoms with van der Waals surface area (Å²) in [6, 6.07) is 11.0. The van der Waals surface area contributed by atoms with Gasteiger partial charge in [0.25, 0.3) is 6.02 Å². The highest BCUT2D eigenvalue weighted by molar-refractivity contribution is 6.30. The fraction of sp³-hybridized carbons (Fsp3) is 0.316. The number of ether oxygens (including phenoxy) is 1. The SMILES string of the molecule is NC1=NC(CCc2ccc(N[C@@H](c3ccc(Cl)cc3)C(F)(F)F)cc2)CO1. The van der Waals surface area contributed by atoms with Crippen LogP contribution in [0, 0.1) is 0 Å². The zero-order valence-electron chi connectivity index (χ0n) is 14.3. The minimum Gasteiger partial charge on any atom is -0.463 e. The Morgan fingerprint density at radius 2 is 1.81 bits per heavy atom. The van der Waals surface area contributed by atoms with Crippen LogP contribution in [0.5, 0.6) is 0 Å². The molecule has 2 aromatic rings. The fourth-order valence-electron chi connectivity index (χ4n) is 2.86. The van der Waals surface area contributed by atoms with E-state index in [4.69, 9.17) is 22.1 Å². The van der Waals surface area contributed by atoms with E-state index >= 15 is 0 Å². The number of aliphatic imine (C=N–C) groups is 1. The Morgan fingerprint density at radius 3 is 2.37 bits per heavy atom. The molecule has 2 aromatic carbocycles. The number of hydrogen-bond acceptors (Lipinski definition) is 4. The molecular formula is C19H19ClF3N3O. The number of amidine groups is 1. The molecule has 0 amide bonds. The van der Waals surface area contributed by atoms with Gasteiger partial charge in [0.2, 0.25) is 0 Å². The number of nitrogens with zero attached hydrogens (tertiary/aromatic N) is 1. The molecule has 0 radical (unpaired) electrons. The Kier molecular flexibility index (Phi) is 5.79. The molecule has 0 saturated heterocycles. The number of aryl methyl sites for hydroxylation is 1. The van der Waals surface area contributed by atoms with Crippen molar-refractivity contribution in [2.24, 2.45) is 10.7 Å². The molecule has 4 nitrogen and oxygen atoms in total. The zero-order chi connectivity index (χ0) is 19.4. The van der Waals surface area contributed by atoms with Gasteiger partial charge in [0.15, 0.2) is 0 Å². The summed E-state index contributed by atoms with van der Waals surface area (Å²) in [6.45, 7) is 0.472. The van der Waals surface area contributed by atoms with Crippen LogP contribution in [-0.2, 0) is 11.2 Å². The van der Waals surface area contributed by atoms with E-state index in [1.165, 1.54) is 24.3 Å². The van der Waals surface area contributed by atoms with Crippen molar-refractivity contribution in [1.82, 2.24) is 0 Å². The monoisotopic (exact) mass is 397 g/mol. The number of hydrogen-bond donors (Lipinski definition) is 2. The summed E-state index contributed by atoms with van der Waals surface area (Å²) in [5.74, 6) is 0. The topological polar surface area (TPSA) is 59.6 Å². The predicted molar refractivity (Wildman–Crippen MR) is 100.0 cm³/mol. The van der Waals surface area contributed by atoms with Crippen molar-refractivity contribution in [2.45, 2.75) is 31.1 Å². The van der Waals surface area contributed by atoms with Crippen molar-refractivity contribution in [3.05, 3.63) is 64.7 Å². The molecule has 0 saturated carbocycles. The second-order valence-electron chi connectivity index (χ2n) is 6.34. The van der Waals surface area contributed by atoms with Crippen LogP contribution in [0.15, 0.2) is 53.5 Å². The van der Waals surface area contributed by atoms with Gasteiger partial charge in [-0.25, -0.2) is 4.99 Å². The Morgan fingerprint density at radius 1 is 1.15 bits per heavy atom. The van der Waals surface area contributed by atoms with Crippen molar-refractivity contribution in [3.8, 4) is 0 Å². The molecule has 27 heavy (non-hydrogen) atoms. The predicted octanol–water partition coefficient (Wildman–Crippen LogP) is 4.70. The van der Waals surface area contributed by atoms with E-state index in [1.807, 2.05) is 0 Å². The van der Waals surface area contributed by atoms with Gasteiger partial charge >= 0.3 is 6.18 Å². The number of nitrogens with two attached hydrogens (primary N) is 1. The van der Waals surface area contributed by atoms with E-state index in [9.17, 15) is 13.2 Å². The molecule has 2 atom stereocenters. The maximum atomic E-state index is 13.5. The summed E-state index contributed by atoms with van der Waals surface area (Å²) in [5, 5.41) is 2.95. The third-order valence-electron chi connectivity index (χ3n) is 4.30. The second kappa shape index (κ2) is 8.08. The van der Waals surface area contributed by atoms with E-state index in [0.29, 0.717) is 17.3 Å². The maximum absolute atomic E-state index is 13.5. The Hall–Kier alpha value is -2.41. The van der Waals surface area contributed by atoms with Crippen LogP contribution in [0.4, 0.5) is 18.9 Å². The molecule has 1 aliphatic rings. The average Bonchev–Trinajstić information content (AvgIpc) is 3.04. The van der Waals surface area contributed by atoms with E-state index in [2.05, 4.69) is 10.3 Å². The van der Waals surface area contributed by atoms with Gasteiger partial charge < -0.3 is 15.8 Å². The molecular weight excluding hydrogens is 379 g/mol. The smallest absolute Gasteiger partial charge is 0.412 e. The van der Waals surface area contributed by atoms with Crippen LogP contribution in [0.2, 0.25) is 5.02 Å². The Bertz CT molecular complexity index is 791. The van der Waals surface area contributed by atoms with Gasteiger partial charge in [-0.05, 0) is 48.2 Å². The standard InChI is InChI=1S/C19H19ClF3N3O/c20-14-6-4-13(5-7-14)17(19(21,22)23)25-15-8-1-12(2-9-15)3-10-16-11-27-18(24)26-16/h1-2,4-9,16-17,25H,3,10-11H2,(H2,24,26)/t16?,17-/m0/s1. The highest BCUT2D eigenvalue weighted by Gasteiger charge is 2.40. The lowest BCUT2D eigenvalue weighted by Gasteiger charge is -2.23. The average molecular weight is 398 g/mol. The van der Waals surface area contributed by atoms with E-state index in [-0.39, 0.29) is 17.6 Å². The maximum Gasteiger partial charge on any atom is 0.412 e. The van der Waals surface area contributed by atoms with E-state index < -0.39 is 12.2 Å². The summed E-state index contributed by atoms with van der Waals surface area (Å²) in [5.41, 5.74) is 6.98. The first-order valence-electron chi connectivity index (χ1n) is 8.45. The molecule has 0 spiro atoms. The van der Waals surface area contributed by atoms with Gasteiger partial charge in [0, 0.05) is 10.7 Å². The summed E-state index contributed by atoms with van der Waals surface area (Å²) < 4.78 is 45.5. The first kappa shape index (κ1) is 19.4. The largest absolute Gasteiger partial charge is 0.463 e. The molecule has 1 heterocycles. The summed E-state index contributed by atoms with van der Waals surface area (Å²) in [7, 11) is 0. The second-order valence-corrected chi connectivity index (χ2v) is 6.77. The van der Waals surface area contributed by atoms with Crippen molar-refractivity contribution in [3.63, 3.8) is 0 Å². The molecule has 8 heteroatoms. The lowest BCUT2D eigenvalue weighted by Crippen LogP contribution is -2.27. The number of anilines is 1. The summed E-state index contributed by atoms with van der Waals surface area (Å²) >= 11 is 5.77. The van der Waals surface area contributed by atoms with Crippen molar-refractivity contribution in [2.75, 3.05) is 11.9 Å². The number of alkyl halides is 3. The van der Waals surface area contributed by atoms with Gasteiger partial charge in [-0.3, -0.25) is 0 Å². The molecule has 144 valence electrons. The minimum absolute atomic E-state index is 0.0299. The van der Waals surface area contributed by atoms with Gasteiger partial charge in [-0.15, -0.1) is 0 Å². The molecule has 0 bridgehead atoms. The van der Waals surface area contributed by atoms with Crippen LogP contribution >= 0.6 is 11.6 Å². The van der Waals surface area contributed by atoms with Gasteiger partial charge in [0.1, 0.15) is 12.6 Å². The van der Waals surface area contributed by atoms with Crippen LogP contribution in [0.3, 0.4) is 0 Å². The normalized spacial score (nSPS) is 17.9. The van der Waals surface area contributed by atoms with Crippen molar-refractivity contribution < 1.29 is 17.9 Å². The number of rotatable bonds is 6. The molecule has 3 rings (SSSR count). The minimum atomic E-state index is -4.44. The van der Waals surface area contributed by atoms with Crippen LogP contribution in [0.1, 0.15) is 23.6 Å². The third kappa shape index (κ3) is 5.29. The van der Waals surface area contributed by atoms with Crippen LogP contribution in [-0.4, -0.2) is 24.8 Å². The molecule has 3 N–H and O–H groups in total. The van der Waals surface area contributed by atoms with Crippen LogP contribution in [0.25, 0.3) is 0 Å². The zero-order valence-corrected chi connectivity index (χ0v) is 15.1. The lowest BCUT2D eigenvalue weighted by atomic mass is 10.0. The molecule has 1 unspecified atom stereocenters. The molecule has 1 aliphatic heterocycles. The van der Waals surface area contributed by atoms with Crippen molar-refractivity contribution >= 4 is 23.3 Å². The Balaban J connectivity index is 1.65. The quantitative estimate of drug-likeness (QED) is 0.742. The number of nitrogens with one attached hydrogen (secondary N) is 1. The number of benzene rings is 2. The summed E-state index contributed by atoms with van der Waals surface area (Å²) in [4.78, 5) is 4.15. The molecule has 0 fully saturated rings. The van der Waals surface area contributed by atoms with E-state index in [0.717, 1.165) is 18.4 Å². The van der Waals surface area contributed by atoms with Gasteiger partial charge in [-0.1, -0.05) is 35.9 Å². The van der Waals surface area contributed by atoms with Crippen LogP contribution < -0.4 is 11.1 Å². The highest BCUT2D eigenvalue weighted by atomic mass is 35.5. The first-order chi connectivity index (χ1) is 12.8. The summed E-state index contributed by atoms with van der Waals surface area (Å²) in [6.07, 6.45) is -2.93. The fourth-order valence-corrected chi connectivity index (χ4v) is 2.99. The Labute approximate surface area is 160 Å². The molecule has 0 aliphatic carbocycles. The van der Waals surface area contributed by atoms with Gasteiger partial charge in [0.05, 0.1) is 6.04 Å². The van der Waals surface area contributed by atoms with Crippen molar-refractivity contribution in [1.29, 1.82) is 0 Å². The third-order valence-corrected chi connectivity index (χ3v) is 4.55. The van der Waals surface area contributed by atoms with E-state index in [1.54, 1.807) is 24.3 Å². The first-order valence-corrected chi connectivity index (χ1v) is 8.83. The van der Waals surface area contributed by atoms with Gasteiger partial charge in [-0.2, -0.15) is 13.2 Å². The molecule has 0 aromatic heterocycles. The number of halogens is 4. The highest BCUT2D eigenvalue weighted by Crippen LogP contribution is 2.36. The lowest BCUT2D eigenvalue weighted by molar-refractivity contribution is -0.144.